The predicted octanol–water partition coefficient (Wildman–Crippen LogP) is 3.68. The van der Waals surface area contributed by atoms with Crippen molar-refractivity contribution in [3.05, 3.63) is 72.4 Å². The van der Waals surface area contributed by atoms with Crippen LogP contribution in [0.4, 0.5) is 23.3 Å². The molecule has 1 fully saturated rings. The summed E-state index contributed by atoms with van der Waals surface area (Å²) in [7, 11) is 0. The van der Waals surface area contributed by atoms with Crippen LogP contribution in [0.3, 0.4) is 0 Å². The lowest BCUT2D eigenvalue weighted by Crippen LogP contribution is -2.32. The maximum absolute atomic E-state index is 12.3. The average Bonchev–Trinajstić information content (AvgIpc) is 2.93. The third-order valence-electron chi connectivity index (χ3n) is 5.76. The van der Waals surface area contributed by atoms with Gasteiger partial charge in [-0.25, -0.2) is 29.7 Å². The summed E-state index contributed by atoms with van der Waals surface area (Å²) in [5.74, 6) is 1.92. The highest BCUT2D eigenvalue weighted by Gasteiger charge is 2.16. The lowest BCUT2D eigenvalue weighted by Gasteiger charge is -2.22. The first-order chi connectivity index (χ1) is 18.1. The van der Waals surface area contributed by atoms with Crippen LogP contribution < -0.4 is 16.0 Å². The highest BCUT2D eigenvalue weighted by molar-refractivity contribution is 5.87. The van der Waals surface area contributed by atoms with Crippen molar-refractivity contribution in [1.82, 2.24) is 35.2 Å². The zero-order chi connectivity index (χ0) is 25.5. The number of anilines is 4. The Labute approximate surface area is 214 Å². The minimum atomic E-state index is -0.426. The van der Waals surface area contributed by atoms with Crippen LogP contribution in [0, 0.1) is 12.8 Å². The molecule has 0 aromatic carbocycles. The van der Waals surface area contributed by atoms with Gasteiger partial charge in [-0.05, 0) is 62.7 Å². The number of rotatable bonds is 8. The second-order valence-electron chi connectivity index (χ2n) is 8.69. The number of aromatic nitrogens is 6. The number of hydrogen-bond acceptors (Lipinski definition) is 11. The van der Waals surface area contributed by atoms with E-state index in [9.17, 15) is 4.79 Å². The Morgan fingerprint density at radius 2 is 1.86 bits per heavy atom. The van der Waals surface area contributed by atoms with Crippen molar-refractivity contribution < 1.29 is 9.53 Å². The smallest absolute Gasteiger partial charge is 0.356 e. The molecular weight excluding hydrogens is 470 g/mol. The molecule has 0 saturated carbocycles. The molecular formula is C26H27N9O2. The maximum atomic E-state index is 12.3. The van der Waals surface area contributed by atoms with Gasteiger partial charge in [0.2, 0.25) is 5.95 Å². The zero-order valence-electron chi connectivity index (χ0n) is 20.4. The van der Waals surface area contributed by atoms with Gasteiger partial charge in [-0.15, -0.1) is 0 Å². The first-order valence-corrected chi connectivity index (χ1v) is 12.1. The van der Waals surface area contributed by atoms with Crippen LogP contribution in [-0.2, 0) is 4.74 Å². The molecule has 0 unspecified atom stereocenters. The lowest BCUT2D eigenvalue weighted by molar-refractivity contribution is 0.0414. The minimum Gasteiger partial charge on any atom is -0.461 e. The molecule has 5 rings (SSSR count). The van der Waals surface area contributed by atoms with Crippen molar-refractivity contribution >= 4 is 29.2 Å². The van der Waals surface area contributed by atoms with Crippen molar-refractivity contribution in [2.24, 2.45) is 5.92 Å². The van der Waals surface area contributed by atoms with Crippen molar-refractivity contribution in [3.8, 4) is 11.5 Å². The number of hydrogen-bond donors (Lipinski definition) is 3. The van der Waals surface area contributed by atoms with Crippen molar-refractivity contribution in [2.45, 2.75) is 19.8 Å². The highest BCUT2D eigenvalue weighted by Crippen LogP contribution is 2.19. The molecule has 0 spiro atoms. The van der Waals surface area contributed by atoms with Gasteiger partial charge < -0.3 is 20.7 Å². The molecule has 0 radical (unpaired) electrons. The molecule has 11 nitrogen and oxygen atoms in total. The van der Waals surface area contributed by atoms with Crippen LogP contribution in [0.5, 0.6) is 0 Å². The summed E-state index contributed by atoms with van der Waals surface area (Å²) in [6.07, 6.45) is 7.01. The Hall–Kier alpha value is -4.51. The van der Waals surface area contributed by atoms with E-state index in [1.165, 1.54) is 0 Å². The minimum absolute atomic E-state index is 0.258. The first-order valence-electron chi connectivity index (χ1n) is 12.1. The molecule has 1 aliphatic rings. The van der Waals surface area contributed by atoms with Crippen LogP contribution in [0.1, 0.15) is 29.0 Å². The monoisotopic (exact) mass is 497 g/mol. The molecule has 1 saturated heterocycles. The maximum Gasteiger partial charge on any atom is 0.356 e. The van der Waals surface area contributed by atoms with Crippen LogP contribution in [0.15, 0.2) is 61.1 Å². The van der Waals surface area contributed by atoms with Crippen molar-refractivity contribution in [2.75, 3.05) is 30.3 Å². The van der Waals surface area contributed by atoms with Crippen molar-refractivity contribution in [1.29, 1.82) is 0 Å². The molecule has 5 heterocycles. The summed E-state index contributed by atoms with van der Waals surface area (Å²) in [4.78, 5) is 38.6. The number of carbonyl (C=O) groups excluding carboxylic acids is 1. The van der Waals surface area contributed by atoms with E-state index in [0.717, 1.165) is 31.6 Å². The predicted molar refractivity (Wildman–Crippen MR) is 139 cm³/mol. The highest BCUT2D eigenvalue weighted by atomic mass is 16.5. The van der Waals surface area contributed by atoms with Gasteiger partial charge in [-0.1, -0.05) is 6.07 Å². The van der Waals surface area contributed by atoms with E-state index in [4.69, 9.17) is 4.74 Å². The van der Waals surface area contributed by atoms with Gasteiger partial charge in [0.05, 0.1) is 18.5 Å². The first kappa shape index (κ1) is 24.2. The Morgan fingerprint density at radius 3 is 2.65 bits per heavy atom. The summed E-state index contributed by atoms with van der Waals surface area (Å²) in [5.41, 5.74) is 2.48. The largest absolute Gasteiger partial charge is 0.461 e. The molecule has 188 valence electrons. The Balaban J connectivity index is 1.20. The van der Waals surface area contributed by atoms with Crippen molar-refractivity contribution in [3.63, 3.8) is 0 Å². The van der Waals surface area contributed by atoms with Gasteiger partial charge in [0.25, 0.3) is 0 Å². The second-order valence-corrected chi connectivity index (χ2v) is 8.69. The van der Waals surface area contributed by atoms with E-state index < -0.39 is 5.97 Å². The number of nitrogens with one attached hydrogen (secondary N) is 3. The average molecular weight is 498 g/mol. The van der Waals surface area contributed by atoms with Gasteiger partial charge in [0.15, 0.2) is 5.82 Å². The molecule has 3 N–H and O–H groups in total. The molecule has 1 aliphatic heterocycles. The number of piperidine rings is 1. The number of esters is 1. The van der Waals surface area contributed by atoms with Gasteiger partial charge in [-0.3, -0.25) is 0 Å². The fraction of sp³-hybridized carbons (Fsp3) is 0.269. The molecule has 4 aromatic heterocycles. The summed E-state index contributed by atoms with van der Waals surface area (Å²) in [5, 5.41) is 9.58. The SMILES string of the molecule is Cc1cccc(-c2nccc(Nc3ccnc(Nc4ccc(C(=O)OC[C@H]5CCCNC5)nc4)n3)n2)n1. The topological polar surface area (TPSA) is 140 Å². The molecule has 11 heteroatoms. The summed E-state index contributed by atoms with van der Waals surface area (Å²) in [6, 6.07) is 12.5. The van der Waals surface area contributed by atoms with Gasteiger partial charge in [-0.2, -0.15) is 4.98 Å². The Kier molecular flexibility index (Phi) is 7.51. The van der Waals surface area contributed by atoms with Crippen LogP contribution >= 0.6 is 0 Å². The summed E-state index contributed by atoms with van der Waals surface area (Å²) < 4.78 is 5.43. The third-order valence-corrected chi connectivity index (χ3v) is 5.76. The summed E-state index contributed by atoms with van der Waals surface area (Å²) >= 11 is 0. The van der Waals surface area contributed by atoms with E-state index in [-0.39, 0.29) is 5.69 Å². The molecule has 37 heavy (non-hydrogen) atoms. The number of pyridine rings is 2. The van der Waals surface area contributed by atoms with Crippen LogP contribution in [0.25, 0.3) is 11.5 Å². The second kappa shape index (κ2) is 11.5. The fourth-order valence-corrected chi connectivity index (χ4v) is 3.89. The Bertz CT molecular complexity index is 1360. The van der Waals surface area contributed by atoms with E-state index in [0.29, 0.717) is 47.3 Å². The molecule has 0 bridgehead atoms. The Morgan fingerprint density at radius 1 is 1.00 bits per heavy atom. The lowest BCUT2D eigenvalue weighted by atomic mass is 10.0. The van der Waals surface area contributed by atoms with E-state index in [1.54, 1.807) is 42.9 Å². The van der Waals surface area contributed by atoms with Gasteiger partial charge in [0, 0.05) is 30.6 Å². The van der Waals surface area contributed by atoms with Gasteiger partial charge in [0.1, 0.15) is 23.0 Å². The molecule has 0 aliphatic carbocycles. The summed E-state index contributed by atoms with van der Waals surface area (Å²) in [6.45, 7) is 4.22. The normalized spacial score (nSPS) is 15.1. The van der Waals surface area contributed by atoms with E-state index in [2.05, 4.69) is 45.9 Å². The number of carbonyl (C=O) groups is 1. The fourth-order valence-electron chi connectivity index (χ4n) is 3.89. The molecule has 4 aromatic rings. The molecule has 1 atom stereocenters. The van der Waals surface area contributed by atoms with E-state index >= 15 is 0 Å². The van der Waals surface area contributed by atoms with E-state index in [1.807, 2.05) is 25.1 Å². The third kappa shape index (κ3) is 6.58. The quantitative estimate of drug-likeness (QED) is 0.307. The van der Waals surface area contributed by atoms with Crippen LogP contribution in [-0.4, -0.2) is 55.6 Å². The number of aryl methyl sites for hydroxylation is 1. The number of nitrogens with zero attached hydrogens (tertiary/aromatic N) is 6. The van der Waals surface area contributed by atoms with Crippen LogP contribution in [0.2, 0.25) is 0 Å². The standard InChI is InChI=1S/C26H27N9O2/c1-17-4-2-6-20(31-17)24-28-12-9-22(34-24)33-23-10-13-29-26(35-23)32-19-7-8-21(30-15-19)25(36)37-16-18-5-3-11-27-14-18/h2,4,6-10,12-13,15,18,27H,3,5,11,14,16H2,1H3,(H2,28,29,32,33,34,35)/t18-/m0/s1. The zero-order valence-corrected chi connectivity index (χ0v) is 20.4. The molecule has 0 amide bonds. The van der Waals surface area contributed by atoms with Gasteiger partial charge >= 0.3 is 5.97 Å². The number of ether oxygens (including phenoxy) is 1.